The number of esters is 1. The van der Waals surface area contributed by atoms with Gasteiger partial charge >= 0.3 is 5.97 Å². The molecule has 1 fully saturated rings. The zero-order chi connectivity index (χ0) is 34.5. The number of ether oxygens (including phenoxy) is 4. The Morgan fingerprint density at radius 1 is 0.980 bits per heavy atom. The first-order chi connectivity index (χ1) is 24.5. The standard InChI is InChI=1S/C41H41N3O6.ClH/c1-47-41(46)36(18-30-8-4-5-9-34(30)28-12-10-26(22-42)11-13-28)44-40(45)35-19-31-20-37-38(21-32(31)23-43-35)50-39(25-49-37)29-14-16-33(17-15-29)48-24-27-6-2-3-7-27;/h4-5,8-17,20-21,27,35-36,39,43H,2-3,6-7,18-19,23-25H2,1H3,(H,44,45);1H. The van der Waals surface area contributed by atoms with Gasteiger partial charge in [-0.05, 0) is 95.0 Å². The second-order valence-corrected chi connectivity index (χ2v) is 13.3. The van der Waals surface area contributed by atoms with Gasteiger partial charge in [0.05, 0.1) is 31.4 Å². The lowest BCUT2D eigenvalue weighted by Gasteiger charge is -2.31. The highest BCUT2D eigenvalue weighted by Gasteiger charge is 2.32. The minimum absolute atomic E-state index is 0. The van der Waals surface area contributed by atoms with Gasteiger partial charge in [0.1, 0.15) is 18.4 Å². The van der Waals surface area contributed by atoms with Crippen molar-refractivity contribution in [1.82, 2.24) is 10.6 Å². The van der Waals surface area contributed by atoms with E-state index in [0.717, 1.165) is 45.7 Å². The Hall–Kier alpha value is -5.04. The lowest BCUT2D eigenvalue weighted by Crippen LogP contribution is -2.53. The van der Waals surface area contributed by atoms with Crippen LogP contribution in [0.15, 0.2) is 84.9 Å². The van der Waals surface area contributed by atoms with E-state index in [9.17, 15) is 14.9 Å². The van der Waals surface area contributed by atoms with Crippen molar-refractivity contribution >= 4 is 24.3 Å². The summed E-state index contributed by atoms with van der Waals surface area (Å²) in [6, 6.07) is 27.7. The first kappa shape index (κ1) is 35.8. The van der Waals surface area contributed by atoms with Crippen molar-refractivity contribution < 1.29 is 28.5 Å². The Labute approximate surface area is 304 Å². The minimum atomic E-state index is -0.889. The van der Waals surface area contributed by atoms with Crippen LogP contribution in [-0.4, -0.2) is 44.3 Å². The molecule has 3 aliphatic rings. The topological polar surface area (TPSA) is 119 Å². The van der Waals surface area contributed by atoms with Gasteiger partial charge in [0.2, 0.25) is 5.91 Å². The van der Waals surface area contributed by atoms with E-state index in [1.54, 1.807) is 12.1 Å². The summed E-state index contributed by atoms with van der Waals surface area (Å²) in [5.74, 6) is 2.07. The zero-order valence-electron chi connectivity index (χ0n) is 28.6. The maximum Gasteiger partial charge on any atom is 0.328 e. The van der Waals surface area contributed by atoms with Gasteiger partial charge in [-0.25, -0.2) is 4.79 Å². The van der Waals surface area contributed by atoms with Gasteiger partial charge in [-0.3, -0.25) is 4.79 Å². The molecule has 3 unspecified atom stereocenters. The van der Waals surface area contributed by atoms with Crippen LogP contribution < -0.4 is 24.8 Å². The highest BCUT2D eigenvalue weighted by Crippen LogP contribution is 2.40. The number of fused-ring (bicyclic) bond motifs is 2. The van der Waals surface area contributed by atoms with Crippen LogP contribution in [0.3, 0.4) is 0 Å². The molecule has 4 aromatic rings. The number of nitrogens with one attached hydrogen (secondary N) is 2. The van der Waals surface area contributed by atoms with Gasteiger partial charge in [0, 0.05) is 13.0 Å². The number of hydrogen-bond acceptors (Lipinski definition) is 8. The number of halogens is 1. The zero-order valence-corrected chi connectivity index (χ0v) is 29.4. The number of methoxy groups -OCH3 is 1. The van der Waals surface area contributed by atoms with E-state index in [1.165, 1.54) is 32.8 Å². The van der Waals surface area contributed by atoms with Crippen molar-refractivity contribution in [1.29, 1.82) is 5.26 Å². The Balaban J connectivity index is 0.00000448. The summed E-state index contributed by atoms with van der Waals surface area (Å²) in [4.78, 5) is 26.5. The lowest BCUT2D eigenvalue weighted by atomic mass is 9.93. The van der Waals surface area contributed by atoms with Gasteiger partial charge in [0.25, 0.3) is 0 Å². The molecule has 3 atom stereocenters. The van der Waals surface area contributed by atoms with Crippen LogP contribution in [0.5, 0.6) is 17.2 Å². The van der Waals surface area contributed by atoms with E-state index in [1.807, 2.05) is 72.8 Å². The van der Waals surface area contributed by atoms with E-state index < -0.39 is 18.1 Å². The van der Waals surface area contributed by atoms with E-state index in [-0.39, 0.29) is 30.8 Å². The molecule has 2 heterocycles. The Kier molecular flexibility index (Phi) is 11.4. The summed E-state index contributed by atoms with van der Waals surface area (Å²) >= 11 is 0. The number of carbonyl (C=O) groups excluding carboxylic acids is 2. The van der Waals surface area contributed by atoms with Crippen LogP contribution in [-0.2, 0) is 33.7 Å². The third-order valence-corrected chi connectivity index (χ3v) is 9.99. The second kappa shape index (κ2) is 16.3. The van der Waals surface area contributed by atoms with Gasteiger partial charge in [0.15, 0.2) is 17.6 Å². The first-order valence-corrected chi connectivity index (χ1v) is 17.4. The van der Waals surface area contributed by atoms with Crippen LogP contribution in [0.2, 0.25) is 0 Å². The van der Waals surface area contributed by atoms with E-state index in [4.69, 9.17) is 18.9 Å². The molecule has 0 spiro atoms. The average molecular weight is 708 g/mol. The fourth-order valence-electron chi connectivity index (χ4n) is 7.13. The van der Waals surface area contributed by atoms with Gasteiger partial charge in [-0.1, -0.05) is 61.4 Å². The van der Waals surface area contributed by atoms with Crippen LogP contribution in [0.1, 0.15) is 59.6 Å². The number of nitriles is 1. The fourth-order valence-corrected chi connectivity index (χ4v) is 7.13. The van der Waals surface area contributed by atoms with Crippen molar-refractivity contribution in [3.63, 3.8) is 0 Å². The molecule has 0 aromatic heterocycles. The molecule has 0 bridgehead atoms. The van der Waals surface area contributed by atoms with Crippen LogP contribution in [0.4, 0.5) is 0 Å². The van der Waals surface area contributed by atoms with Crippen molar-refractivity contribution in [2.75, 3.05) is 20.3 Å². The van der Waals surface area contributed by atoms with Crippen LogP contribution in [0, 0.1) is 17.2 Å². The summed E-state index contributed by atoms with van der Waals surface area (Å²) in [5.41, 5.74) is 6.33. The third kappa shape index (κ3) is 8.30. The van der Waals surface area contributed by atoms with Crippen LogP contribution >= 0.6 is 12.4 Å². The molecule has 1 saturated carbocycles. The third-order valence-electron chi connectivity index (χ3n) is 9.99. The quantitative estimate of drug-likeness (QED) is 0.176. The average Bonchev–Trinajstić information content (AvgIpc) is 3.69. The second-order valence-electron chi connectivity index (χ2n) is 13.3. The van der Waals surface area contributed by atoms with Gasteiger partial charge < -0.3 is 29.6 Å². The molecular weight excluding hydrogens is 666 g/mol. The number of carbonyl (C=O) groups is 2. The summed E-state index contributed by atoms with van der Waals surface area (Å²) in [6.45, 7) is 1.62. The predicted octanol–water partition coefficient (Wildman–Crippen LogP) is 6.64. The molecule has 7 rings (SSSR count). The molecule has 51 heavy (non-hydrogen) atoms. The molecule has 1 aliphatic carbocycles. The minimum Gasteiger partial charge on any atom is -0.493 e. The van der Waals surface area contributed by atoms with E-state index in [0.29, 0.717) is 42.6 Å². The maximum atomic E-state index is 13.6. The molecule has 0 saturated heterocycles. The van der Waals surface area contributed by atoms with Gasteiger partial charge in [-0.15, -0.1) is 12.4 Å². The SMILES string of the molecule is COC(=O)C(Cc1ccccc1-c1ccc(C#N)cc1)NC(=O)C1Cc2cc3c(cc2CN1)OC(c1ccc(OCC2CCCC2)cc1)CO3.Cl. The number of benzene rings is 4. The predicted molar refractivity (Wildman–Crippen MR) is 195 cm³/mol. The summed E-state index contributed by atoms with van der Waals surface area (Å²) in [5, 5.41) is 15.5. The molecule has 2 aliphatic heterocycles. The largest absolute Gasteiger partial charge is 0.493 e. The summed E-state index contributed by atoms with van der Waals surface area (Å²) < 4.78 is 23.7. The highest BCUT2D eigenvalue weighted by molar-refractivity contribution is 5.88. The molecule has 264 valence electrons. The van der Waals surface area contributed by atoms with Crippen molar-refractivity contribution in [3.8, 4) is 34.4 Å². The number of nitrogens with zero attached hydrogens (tertiary/aromatic N) is 1. The maximum absolute atomic E-state index is 13.6. The highest BCUT2D eigenvalue weighted by atomic mass is 35.5. The molecule has 9 nitrogen and oxygen atoms in total. The number of amides is 1. The molecule has 4 aromatic carbocycles. The van der Waals surface area contributed by atoms with Crippen molar-refractivity contribution in [2.45, 2.75) is 63.3 Å². The van der Waals surface area contributed by atoms with Crippen molar-refractivity contribution in [2.24, 2.45) is 5.92 Å². The lowest BCUT2D eigenvalue weighted by molar-refractivity contribution is -0.145. The molecule has 2 N–H and O–H groups in total. The fraction of sp³-hybridized carbons (Fsp3) is 0.341. The summed E-state index contributed by atoms with van der Waals surface area (Å²) in [7, 11) is 1.32. The first-order valence-electron chi connectivity index (χ1n) is 17.4. The molecule has 10 heteroatoms. The van der Waals surface area contributed by atoms with E-state index in [2.05, 4.69) is 16.7 Å². The monoisotopic (exact) mass is 707 g/mol. The normalized spacial score (nSPS) is 18.4. The van der Waals surface area contributed by atoms with Crippen LogP contribution in [0.25, 0.3) is 11.1 Å². The Morgan fingerprint density at radius 3 is 2.47 bits per heavy atom. The number of rotatable bonds is 10. The molecular formula is C41H42ClN3O6. The van der Waals surface area contributed by atoms with E-state index >= 15 is 0 Å². The number of hydrogen-bond donors (Lipinski definition) is 2. The molecule has 1 amide bonds. The van der Waals surface area contributed by atoms with Crippen molar-refractivity contribution in [3.05, 3.63) is 113 Å². The Bertz CT molecular complexity index is 1890. The summed E-state index contributed by atoms with van der Waals surface area (Å²) in [6.07, 6.45) is 5.56. The smallest absolute Gasteiger partial charge is 0.328 e. The Morgan fingerprint density at radius 2 is 1.73 bits per heavy atom. The van der Waals surface area contributed by atoms with Gasteiger partial charge in [-0.2, -0.15) is 5.26 Å². The molecule has 0 radical (unpaired) electrons.